The van der Waals surface area contributed by atoms with Crippen LogP contribution in [0.25, 0.3) is 10.8 Å². The van der Waals surface area contributed by atoms with Crippen LogP contribution in [-0.4, -0.2) is 11.6 Å². The van der Waals surface area contributed by atoms with Gasteiger partial charge in [0.25, 0.3) is 0 Å². The SMILES string of the molecule is NC(=S)COc1ccc2ccccc2c1Br. The molecule has 2 rings (SSSR count). The van der Waals surface area contributed by atoms with E-state index in [1.807, 2.05) is 30.3 Å². The zero-order valence-electron chi connectivity index (χ0n) is 8.44. The number of halogens is 1. The number of ether oxygens (including phenoxy) is 1. The van der Waals surface area contributed by atoms with E-state index in [1.54, 1.807) is 0 Å². The van der Waals surface area contributed by atoms with Crippen LogP contribution in [0.1, 0.15) is 0 Å². The van der Waals surface area contributed by atoms with E-state index in [0.29, 0.717) is 4.99 Å². The molecule has 0 aromatic heterocycles. The minimum atomic E-state index is 0.256. The lowest BCUT2D eigenvalue weighted by Crippen LogP contribution is -2.17. The predicted molar refractivity (Wildman–Crippen MR) is 73.9 cm³/mol. The van der Waals surface area contributed by atoms with Gasteiger partial charge in [-0.2, -0.15) is 0 Å². The zero-order valence-corrected chi connectivity index (χ0v) is 10.8. The van der Waals surface area contributed by atoms with E-state index in [1.165, 1.54) is 0 Å². The maximum absolute atomic E-state index is 5.49. The molecule has 0 atom stereocenters. The number of nitrogens with two attached hydrogens (primary N) is 1. The quantitative estimate of drug-likeness (QED) is 0.883. The maximum atomic E-state index is 5.49. The van der Waals surface area contributed by atoms with Gasteiger partial charge in [-0.3, -0.25) is 0 Å². The van der Waals surface area contributed by atoms with E-state index in [9.17, 15) is 0 Å². The normalized spacial score (nSPS) is 10.3. The molecule has 0 heterocycles. The van der Waals surface area contributed by atoms with Gasteiger partial charge in [0.1, 0.15) is 17.3 Å². The Morgan fingerprint density at radius 2 is 2.00 bits per heavy atom. The zero-order chi connectivity index (χ0) is 11.5. The maximum Gasteiger partial charge on any atom is 0.138 e. The van der Waals surface area contributed by atoms with E-state index in [-0.39, 0.29) is 6.61 Å². The lowest BCUT2D eigenvalue weighted by molar-refractivity contribution is 0.376. The summed E-state index contributed by atoms with van der Waals surface area (Å²) in [7, 11) is 0. The summed E-state index contributed by atoms with van der Waals surface area (Å²) in [5.74, 6) is 0.756. The van der Waals surface area contributed by atoms with Crippen molar-refractivity contribution in [1.82, 2.24) is 0 Å². The largest absolute Gasteiger partial charge is 0.485 e. The first-order valence-corrected chi connectivity index (χ1v) is 5.97. The third kappa shape index (κ3) is 2.33. The fourth-order valence-electron chi connectivity index (χ4n) is 1.47. The van der Waals surface area contributed by atoms with Gasteiger partial charge in [-0.25, -0.2) is 0 Å². The fraction of sp³-hybridized carbons (Fsp3) is 0.0833. The van der Waals surface area contributed by atoms with Crippen LogP contribution in [0.4, 0.5) is 0 Å². The third-order valence-electron chi connectivity index (χ3n) is 2.20. The molecule has 0 spiro atoms. The van der Waals surface area contributed by atoms with Crippen molar-refractivity contribution in [1.29, 1.82) is 0 Å². The molecule has 0 aliphatic rings. The summed E-state index contributed by atoms with van der Waals surface area (Å²) in [5.41, 5.74) is 5.39. The molecule has 0 amide bonds. The molecule has 16 heavy (non-hydrogen) atoms. The highest BCUT2D eigenvalue weighted by Gasteiger charge is 2.05. The Balaban J connectivity index is 2.40. The van der Waals surface area contributed by atoms with Gasteiger partial charge in [-0.1, -0.05) is 42.5 Å². The van der Waals surface area contributed by atoms with Crippen LogP contribution in [0.5, 0.6) is 5.75 Å². The van der Waals surface area contributed by atoms with Crippen LogP contribution >= 0.6 is 28.1 Å². The van der Waals surface area contributed by atoms with Crippen LogP contribution in [-0.2, 0) is 0 Å². The second-order valence-electron chi connectivity index (χ2n) is 3.35. The standard InChI is InChI=1S/C12H10BrNOS/c13-12-9-4-2-1-3-8(9)5-6-10(12)15-7-11(14)16/h1-6H,7H2,(H2,14,16). The first-order chi connectivity index (χ1) is 7.68. The molecular weight excluding hydrogens is 286 g/mol. The first kappa shape index (κ1) is 11.4. The lowest BCUT2D eigenvalue weighted by Gasteiger charge is -2.09. The van der Waals surface area contributed by atoms with E-state index in [4.69, 9.17) is 22.7 Å². The molecule has 2 N–H and O–H groups in total. The summed E-state index contributed by atoms with van der Waals surface area (Å²) in [6, 6.07) is 12.0. The number of hydrogen-bond acceptors (Lipinski definition) is 2. The fourth-order valence-corrected chi connectivity index (χ4v) is 2.14. The predicted octanol–water partition coefficient (Wildman–Crippen LogP) is 3.27. The molecule has 4 heteroatoms. The minimum Gasteiger partial charge on any atom is -0.485 e. The molecule has 0 unspecified atom stereocenters. The molecule has 0 fully saturated rings. The van der Waals surface area contributed by atoms with Gasteiger partial charge in [-0.05, 0) is 32.8 Å². The van der Waals surface area contributed by atoms with Crippen molar-refractivity contribution < 1.29 is 4.74 Å². The van der Waals surface area contributed by atoms with Crippen LogP contribution in [0.15, 0.2) is 40.9 Å². The van der Waals surface area contributed by atoms with Crippen molar-refractivity contribution >= 4 is 43.9 Å². The molecule has 0 aliphatic heterocycles. The van der Waals surface area contributed by atoms with Crippen LogP contribution in [0.2, 0.25) is 0 Å². The second kappa shape index (κ2) is 4.80. The highest BCUT2D eigenvalue weighted by atomic mass is 79.9. The van der Waals surface area contributed by atoms with Crippen molar-refractivity contribution in [3.8, 4) is 5.75 Å². The van der Waals surface area contributed by atoms with Crippen molar-refractivity contribution in [3.63, 3.8) is 0 Å². The highest BCUT2D eigenvalue weighted by Crippen LogP contribution is 2.32. The number of benzene rings is 2. The van der Waals surface area contributed by atoms with Gasteiger partial charge in [0.05, 0.1) is 4.47 Å². The van der Waals surface area contributed by atoms with Gasteiger partial charge < -0.3 is 10.5 Å². The van der Waals surface area contributed by atoms with Gasteiger partial charge >= 0.3 is 0 Å². The Morgan fingerprint density at radius 1 is 1.25 bits per heavy atom. The summed E-state index contributed by atoms with van der Waals surface area (Å²) in [5, 5.41) is 2.28. The Hall–Kier alpha value is -1.13. The van der Waals surface area contributed by atoms with Crippen molar-refractivity contribution in [2.24, 2.45) is 5.73 Å². The van der Waals surface area contributed by atoms with Crippen molar-refractivity contribution in [2.75, 3.05) is 6.61 Å². The van der Waals surface area contributed by atoms with E-state index in [0.717, 1.165) is 21.0 Å². The van der Waals surface area contributed by atoms with E-state index in [2.05, 4.69) is 22.0 Å². The molecule has 0 saturated heterocycles. The molecule has 2 aromatic carbocycles. The van der Waals surface area contributed by atoms with Gasteiger partial charge in [0, 0.05) is 0 Å². The molecule has 0 radical (unpaired) electrons. The van der Waals surface area contributed by atoms with Crippen LogP contribution in [0, 0.1) is 0 Å². The molecular formula is C12H10BrNOS. The van der Waals surface area contributed by atoms with Crippen molar-refractivity contribution in [3.05, 3.63) is 40.9 Å². The van der Waals surface area contributed by atoms with Gasteiger partial charge in [0.15, 0.2) is 0 Å². The average Bonchev–Trinajstić information content (AvgIpc) is 2.28. The molecule has 0 saturated carbocycles. The lowest BCUT2D eigenvalue weighted by atomic mass is 10.1. The highest BCUT2D eigenvalue weighted by molar-refractivity contribution is 9.10. The smallest absolute Gasteiger partial charge is 0.138 e. The summed E-state index contributed by atoms with van der Waals surface area (Å²) >= 11 is 8.29. The monoisotopic (exact) mass is 295 g/mol. The van der Waals surface area contributed by atoms with Crippen LogP contribution in [0.3, 0.4) is 0 Å². The molecule has 0 bridgehead atoms. The molecule has 82 valence electrons. The summed E-state index contributed by atoms with van der Waals surface area (Å²) < 4.78 is 6.43. The van der Waals surface area contributed by atoms with Crippen molar-refractivity contribution in [2.45, 2.75) is 0 Å². The third-order valence-corrected chi connectivity index (χ3v) is 3.13. The average molecular weight is 296 g/mol. The Bertz CT molecular complexity index is 542. The number of hydrogen-bond donors (Lipinski definition) is 1. The number of fused-ring (bicyclic) bond motifs is 1. The topological polar surface area (TPSA) is 35.2 Å². The minimum absolute atomic E-state index is 0.256. The molecule has 2 nitrogen and oxygen atoms in total. The summed E-state index contributed by atoms with van der Waals surface area (Å²) in [6.07, 6.45) is 0. The van der Waals surface area contributed by atoms with Gasteiger partial charge in [-0.15, -0.1) is 0 Å². The van der Waals surface area contributed by atoms with Gasteiger partial charge in [0.2, 0.25) is 0 Å². The van der Waals surface area contributed by atoms with E-state index >= 15 is 0 Å². The molecule has 0 aliphatic carbocycles. The molecule has 2 aromatic rings. The van der Waals surface area contributed by atoms with Crippen LogP contribution < -0.4 is 10.5 Å². The first-order valence-electron chi connectivity index (χ1n) is 4.77. The summed E-state index contributed by atoms with van der Waals surface area (Å²) in [6.45, 7) is 0.256. The Morgan fingerprint density at radius 3 is 2.75 bits per heavy atom. The Labute approximate surface area is 108 Å². The second-order valence-corrected chi connectivity index (χ2v) is 4.67. The van der Waals surface area contributed by atoms with E-state index < -0.39 is 0 Å². The summed E-state index contributed by atoms with van der Waals surface area (Å²) in [4.78, 5) is 0.347. The Kier molecular flexibility index (Phi) is 3.41. The number of rotatable bonds is 3. The number of thiocarbonyl (C=S) groups is 1.